The first-order valence-electron chi connectivity index (χ1n) is 7.28. The van der Waals surface area contributed by atoms with Crippen molar-refractivity contribution >= 4 is 17.5 Å². The standard InChI is InChI=1S/C14H19ClN6/c1-9-3-4-11(10(2)7-9)17-13-18-12(15)19-14(20-13)21-6-5-16-8-21/h5-6,8-11H,3-4,7H2,1-2H3,(H,17,18,19,20). The van der Waals surface area contributed by atoms with Gasteiger partial charge in [-0.1, -0.05) is 13.8 Å². The van der Waals surface area contributed by atoms with Crippen LogP contribution in [0.3, 0.4) is 0 Å². The van der Waals surface area contributed by atoms with E-state index in [4.69, 9.17) is 11.6 Å². The first kappa shape index (κ1) is 14.3. The molecule has 0 aromatic carbocycles. The van der Waals surface area contributed by atoms with Crippen molar-refractivity contribution in [2.75, 3.05) is 5.32 Å². The molecule has 6 nitrogen and oxygen atoms in total. The second kappa shape index (κ2) is 5.97. The Balaban J connectivity index is 1.79. The maximum atomic E-state index is 6.01. The molecule has 1 fully saturated rings. The fourth-order valence-electron chi connectivity index (χ4n) is 2.94. The summed E-state index contributed by atoms with van der Waals surface area (Å²) in [5.41, 5.74) is 0. The molecule has 2 aromatic heterocycles. The number of hydrogen-bond acceptors (Lipinski definition) is 5. The number of aromatic nitrogens is 5. The second-order valence-corrected chi connectivity index (χ2v) is 6.18. The zero-order valence-electron chi connectivity index (χ0n) is 12.2. The van der Waals surface area contributed by atoms with Crippen LogP contribution in [0.5, 0.6) is 0 Å². The van der Waals surface area contributed by atoms with Crippen LogP contribution in [-0.4, -0.2) is 30.5 Å². The largest absolute Gasteiger partial charge is 0.351 e. The van der Waals surface area contributed by atoms with E-state index in [9.17, 15) is 0 Å². The van der Waals surface area contributed by atoms with E-state index in [0.29, 0.717) is 23.9 Å². The van der Waals surface area contributed by atoms with Crippen molar-refractivity contribution in [2.45, 2.75) is 39.2 Å². The first-order chi connectivity index (χ1) is 10.1. The van der Waals surface area contributed by atoms with Gasteiger partial charge in [-0.05, 0) is 42.7 Å². The van der Waals surface area contributed by atoms with E-state index in [1.54, 1.807) is 23.3 Å². The topological polar surface area (TPSA) is 68.5 Å². The third-order valence-corrected chi connectivity index (χ3v) is 4.25. The van der Waals surface area contributed by atoms with Crippen LogP contribution in [0.15, 0.2) is 18.7 Å². The summed E-state index contributed by atoms with van der Waals surface area (Å²) in [6.45, 7) is 4.58. The zero-order chi connectivity index (χ0) is 14.8. The van der Waals surface area contributed by atoms with Crippen molar-refractivity contribution in [2.24, 2.45) is 11.8 Å². The van der Waals surface area contributed by atoms with Gasteiger partial charge in [-0.2, -0.15) is 15.0 Å². The fraction of sp³-hybridized carbons (Fsp3) is 0.571. The molecule has 0 radical (unpaired) electrons. The lowest BCUT2D eigenvalue weighted by molar-refractivity contribution is 0.275. The van der Waals surface area contributed by atoms with E-state index < -0.39 is 0 Å². The number of anilines is 1. The maximum absolute atomic E-state index is 6.01. The van der Waals surface area contributed by atoms with E-state index in [1.165, 1.54) is 12.8 Å². The third kappa shape index (κ3) is 3.32. The van der Waals surface area contributed by atoms with Crippen molar-refractivity contribution in [3.8, 4) is 5.95 Å². The van der Waals surface area contributed by atoms with Crippen LogP contribution in [0.2, 0.25) is 5.28 Å². The monoisotopic (exact) mass is 306 g/mol. The average Bonchev–Trinajstić information content (AvgIpc) is 2.95. The van der Waals surface area contributed by atoms with Gasteiger partial charge in [0.05, 0.1) is 0 Å². The normalized spacial score (nSPS) is 25.8. The predicted molar refractivity (Wildman–Crippen MR) is 81.5 cm³/mol. The van der Waals surface area contributed by atoms with Crippen LogP contribution in [-0.2, 0) is 0 Å². The lowest BCUT2D eigenvalue weighted by Crippen LogP contribution is -2.33. The zero-order valence-corrected chi connectivity index (χ0v) is 13.0. The van der Waals surface area contributed by atoms with Crippen molar-refractivity contribution in [1.82, 2.24) is 24.5 Å². The predicted octanol–water partition coefficient (Wildman–Crippen LogP) is 2.95. The fourth-order valence-corrected chi connectivity index (χ4v) is 3.10. The lowest BCUT2D eigenvalue weighted by Gasteiger charge is -2.33. The molecule has 112 valence electrons. The van der Waals surface area contributed by atoms with Crippen molar-refractivity contribution in [3.63, 3.8) is 0 Å². The van der Waals surface area contributed by atoms with Crippen LogP contribution >= 0.6 is 11.6 Å². The van der Waals surface area contributed by atoms with Crippen LogP contribution in [0, 0.1) is 11.8 Å². The molecular weight excluding hydrogens is 288 g/mol. The Kier molecular flexibility index (Phi) is 4.05. The Morgan fingerprint density at radius 3 is 2.81 bits per heavy atom. The van der Waals surface area contributed by atoms with Gasteiger partial charge in [0.25, 0.3) is 0 Å². The van der Waals surface area contributed by atoms with Gasteiger partial charge >= 0.3 is 0 Å². The van der Waals surface area contributed by atoms with Gasteiger partial charge in [0.15, 0.2) is 0 Å². The minimum atomic E-state index is 0.188. The molecule has 1 aliphatic carbocycles. The number of rotatable bonds is 3. The number of imidazole rings is 1. The van der Waals surface area contributed by atoms with E-state index in [0.717, 1.165) is 12.3 Å². The van der Waals surface area contributed by atoms with Gasteiger partial charge in [0.1, 0.15) is 6.33 Å². The molecular formula is C14H19ClN6. The van der Waals surface area contributed by atoms with Crippen LogP contribution < -0.4 is 5.32 Å². The Bertz CT molecular complexity index is 600. The minimum absolute atomic E-state index is 0.188. The number of nitrogens with zero attached hydrogens (tertiary/aromatic N) is 5. The molecule has 2 aromatic rings. The summed E-state index contributed by atoms with van der Waals surface area (Å²) in [5.74, 6) is 2.40. The van der Waals surface area contributed by atoms with Crippen LogP contribution in [0.4, 0.5) is 5.95 Å². The Hall–Kier alpha value is -1.69. The molecule has 0 spiro atoms. The summed E-state index contributed by atoms with van der Waals surface area (Å²) >= 11 is 6.01. The molecule has 0 amide bonds. The van der Waals surface area contributed by atoms with Crippen molar-refractivity contribution in [3.05, 3.63) is 24.0 Å². The van der Waals surface area contributed by atoms with Gasteiger partial charge in [-0.15, -0.1) is 0 Å². The summed E-state index contributed by atoms with van der Waals surface area (Å²) < 4.78 is 1.71. The molecule has 0 bridgehead atoms. The Morgan fingerprint density at radius 1 is 1.24 bits per heavy atom. The highest BCUT2D eigenvalue weighted by Crippen LogP contribution is 2.30. The van der Waals surface area contributed by atoms with Crippen molar-refractivity contribution < 1.29 is 0 Å². The maximum Gasteiger partial charge on any atom is 0.241 e. The van der Waals surface area contributed by atoms with Crippen LogP contribution in [0.25, 0.3) is 5.95 Å². The summed E-state index contributed by atoms with van der Waals surface area (Å²) in [6.07, 6.45) is 8.68. The molecule has 3 unspecified atom stereocenters. The third-order valence-electron chi connectivity index (χ3n) is 4.08. The summed E-state index contributed by atoms with van der Waals surface area (Å²) in [4.78, 5) is 16.7. The van der Waals surface area contributed by atoms with Crippen molar-refractivity contribution in [1.29, 1.82) is 0 Å². The molecule has 1 saturated carbocycles. The van der Waals surface area contributed by atoms with Gasteiger partial charge < -0.3 is 5.32 Å². The molecule has 0 saturated heterocycles. The van der Waals surface area contributed by atoms with E-state index in [2.05, 4.69) is 39.1 Å². The summed E-state index contributed by atoms with van der Waals surface area (Å²) in [7, 11) is 0. The molecule has 1 aliphatic rings. The van der Waals surface area contributed by atoms with Gasteiger partial charge in [-0.3, -0.25) is 4.57 Å². The van der Waals surface area contributed by atoms with Gasteiger partial charge in [0.2, 0.25) is 17.2 Å². The van der Waals surface area contributed by atoms with Crippen LogP contribution in [0.1, 0.15) is 33.1 Å². The van der Waals surface area contributed by atoms with E-state index in [-0.39, 0.29) is 5.28 Å². The highest BCUT2D eigenvalue weighted by molar-refractivity contribution is 6.28. The Morgan fingerprint density at radius 2 is 2.10 bits per heavy atom. The molecule has 0 aliphatic heterocycles. The van der Waals surface area contributed by atoms with E-state index >= 15 is 0 Å². The number of hydrogen-bond donors (Lipinski definition) is 1. The highest BCUT2D eigenvalue weighted by atomic mass is 35.5. The van der Waals surface area contributed by atoms with Gasteiger partial charge in [-0.25, -0.2) is 4.98 Å². The quantitative estimate of drug-likeness (QED) is 0.944. The number of nitrogens with one attached hydrogen (secondary N) is 1. The minimum Gasteiger partial charge on any atom is -0.351 e. The summed E-state index contributed by atoms with van der Waals surface area (Å²) in [6, 6.07) is 0.385. The average molecular weight is 307 g/mol. The molecule has 21 heavy (non-hydrogen) atoms. The van der Waals surface area contributed by atoms with Gasteiger partial charge in [0, 0.05) is 18.4 Å². The SMILES string of the molecule is CC1CCC(Nc2nc(Cl)nc(-n3ccnc3)n2)C(C)C1. The Labute approximate surface area is 129 Å². The first-order valence-corrected chi connectivity index (χ1v) is 7.66. The second-order valence-electron chi connectivity index (χ2n) is 5.84. The molecule has 1 N–H and O–H groups in total. The molecule has 3 rings (SSSR count). The molecule has 7 heteroatoms. The summed E-state index contributed by atoms with van der Waals surface area (Å²) in [5, 5.41) is 3.60. The number of halogens is 1. The highest BCUT2D eigenvalue weighted by Gasteiger charge is 2.26. The van der Waals surface area contributed by atoms with E-state index in [1.807, 2.05) is 0 Å². The molecule has 2 heterocycles. The smallest absolute Gasteiger partial charge is 0.241 e. The lowest BCUT2D eigenvalue weighted by atomic mass is 9.80. The molecule has 3 atom stereocenters.